The van der Waals surface area contributed by atoms with Gasteiger partial charge in [0.2, 0.25) is 0 Å². The molecule has 14 heavy (non-hydrogen) atoms. The molecule has 1 aromatic rings. The summed E-state index contributed by atoms with van der Waals surface area (Å²) in [5, 5.41) is 10.5. The van der Waals surface area contributed by atoms with Crippen LogP contribution in [0.5, 0.6) is 5.75 Å². The molecule has 0 aliphatic rings. The van der Waals surface area contributed by atoms with Gasteiger partial charge in [-0.25, -0.2) is 0 Å². The lowest BCUT2D eigenvalue weighted by molar-refractivity contribution is 0.0755. The first-order valence-electron chi connectivity index (χ1n) is 4.44. The van der Waals surface area contributed by atoms with Gasteiger partial charge >= 0.3 is 0 Å². The molecule has 78 valence electrons. The second-order valence-electron chi connectivity index (χ2n) is 3.81. The molecule has 2 nitrogen and oxygen atoms in total. The second-order valence-corrected chi connectivity index (χ2v) is 4.22. The Kier molecular flexibility index (Phi) is 3.07. The average molecular weight is 215 g/mol. The zero-order chi connectivity index (χ0) is 10.9. The van der Waals surface area contributed by atoms with E-state index in [0.29, 0.717) is 10.8 Å². The highest BCUT2D eigenvalue weighted by Crippen LogP contribution is 2.35. The minimum absolute atomic E-state index is 0.648. The standard InChI is InChI=1S/C11H15ClO2/c1-7-9(12)6-5-8(10(7)14-4)11(2,3)13/h5-6,13H,1-4H3. The Labute approximate surface area is 89.5 Å². The Morgan fingerprint density at radius 3 is 2.36 bits per heavy atom. The molecule has 0 fully saturated rings. The van der Waals surface area contributed by atoms with Gasteiger partial charge in [0, 0.05) is 16.1 Å². The summed E-state index contributed by atoms with van der Waals surface area (Å²) in [6.45, 7) is 5.31. The minimum atomic E-state index is -0.916. The van der Waals surface area contributed by atoms with Gasteiger partial charge in [-0.15, -0.1) is 0 Å². The van der Waals surface area contributed by atoms with Gasteiger partial charge in [-0.05, 0) is 26.8 Å². The Hall–Kier alpha value is -0.730. The van der Waals surface area contributed by atoms with Crippen LogP contribution in [0.2, 0.25) is 5.02 Å². The molecule has 0 atom stereocenters. The van der Waals surface area contributed by atoms with Crippen molar-refractivity contribution in [3.63, 3.8) is 0 Å². The summed E-state index contributed by atoms with van der Waals surface area (Å²) in [6, 6.07) is 3.56. The quantitative estimate of drug-likeness (QED) is 0.821. The van der Waals surface area contributed by atoms with E-state index in [9.17, 15) is 5.11 Å². The maximum Gasteiger partial charge on any atom is 0.129 e. The van der Waals surface area contributed by atoms with Crippen LogP contribution in [0, 0.1) is 6.92 Å². The predicted molar refractivity (Wildman–Crippen MR) is 58.0 cm³/mol. The predicted octanol–water partition coefficient (Wildman–Crippen LogP) is 2.88. The van der Waals surface area contributed by atoms with E-state index in [2.05, 4.69) is 0 Å². The molecule has 0 bridgehead atoms. The van der Waals surface area contributed by atoms with E-state index < -0.39 is 5.60 Å². The fourth-order valence-corrected chi connectivity index (χ4v) is 1.56. The molecule has 3 heteroatoms. The summed E-state index contributed by atoms with van der Waals surface area (Å²) in [5.74, 6) is 0.657. The van der Waals surface area contributed by atoms with Crippen LogP contribution in [0.15, 0.2) is 12.1 Å². The van der Waals surface area contributed by atoms with Crippen molar-refractivity contribution >= 4 is 11.6 Å². The number of halogens is 1. The van der Waals surface area contributed by atoms with Gasteiger partial charge < -0.3 is 9.84 Å². The van der Waals surface area contributed by atoms with Crippen molar-refractivity contribution in [2.24, 2.45) is 0 Å². The highest BCUT2D eigenvalue weighted by Gasteiger charge is 2.22. The zero-order valence-electron chi connectivity index (χ0n) is 8.89. The molecule has 0 saturated heterocycles. The fraction of sp³-hybridized carbons (Fsp3) is 0.455. The summed E-state index contributed by atoms with van der Waals surface area (Å²) in [4.78, 5) is 0. The fourth-order valence-electron chi connectivity index (χ4n) is 1.41. The Bertz CT molecular complexity index is 340. The SMILES string of the molecule is COc1c(C(C)(C)O)ccc(Cl)c1C. The van der Waals surface area contributed by atoms with E-state index >= 15 is 0 Å². The first kappa shape index (κ1) is 11.3. The van der Waals surface area contributed by atoms with E-state index in [4.69, 9.17) is 16.3 Å². The molecule has 0 spiro atoms. The molecule has 0 saturated carbocycles. The van der Waals surface area contributed by atoms with Gasteiger partial charge in [0.15, 0.2) is 0 Å². The first-order chi connectivity index (χ1) is 6.38. The summed E-state index contributed by atoms with van der Waals surface area (Å²) >= 11 is 5.95. The van der Waals surface area contributed by atoms with Gasteiger partial charge in [0.25, 0.3) is 0 Å². The van der Waals surface area contributed by atoms with Gasteiger partial charge in [-0.2, -0.15) is 0 Å². The van der Waals surface area contributed by atoms with Crippen molar-refractivity contribution in [3.05, 3.63) is 28.3 Å². The van der Waals surface area contributed by atoms with Crippen LogP contribution in [0.1, 0.15) is 25.0 Å². The van der Waals surface area contributed by atoms with Crippen molar-refractivity contribution in [2.75, 3.05) is 7.11 Å². The average Bonchev–Trinajstić information content (AvgIpc) is 2.07. The molecular weight excluding hydrogens is 200 g/mol. The van der Waals surface area contributed by atoms with E-state index in [1.54, 1.807) is 33.1 Å². The van der Waals surface area contributed by atoms with Crippen LogP contribution in [-0.2, 0) is 5.60 Å². The summed E-state index contributed by atoms with van der Waals surface area (Å²) in [6.07, 6.45) is 0. The van der Waals surface area contributed by atoms with Crippen molar-refractivity contribution in [1.29, 1.82) is 0 Å². The maximum atomic E-state index is 9.89. The van der Waals surface area contributed by atoms with Crippen LogP contribution in [0.25, 0.3) is 0 Å². The molecule has 1 N–H and O–H groups in total. The number of hydrogen-bond donors (Lipinski definition) is 1. The normalized spacial score (nSPS) is 11.6. The highest BCUT2D eigenvalue weighted by atomic mass is 35.5. The topological polar surface area (TPSA) is 29.5 Å². The first-order valence-corrected chi connectivity index (χ1v) is 4.81. The third-order valence-corrected chi connectivity index (χ3v) is 2.61. The van der Waals surface area contributed by atoms with Gasteiger partial charge in [0.1, 0.15) is 5.75 Å². The molecule has 0 heterocycles. The van der Waals surface area contributed by atoms with E-state index in [1.165, 1.54) is 0 Å². The number of methoxy groups -OCH3 is 1. The Morgan fingerprint density at radius 2 is 1.93 bits per heavy atom. The molecule has 0 unspecified atom stereocenters. The molecule has 0 aromatic heterocycles. The minimum Gasteiger partial charge on any atom is -0.496 e. The van der Waals surface area contributed by atoms with E-state index in [-0.39, 0.29) is 0 Å². The third kappa shape index (κ3) is 2.02. The second kappa shape index (κ2) is 3.79. The molecule has 0 amide bonds. The Balaban J connectivity index is 3.39. The summed E-state index contributed by atoms with van der Waals surface area (Å²) < 4.78 is 5.24. The molecule has 0 radical (unpaired) electrons. The van der Waals surface area contributed by atoms with E-state index in [1.807, 2.05) is 6.92 Å². The largest absolute Gasteiger partial charge is 0.496 e. The van der Waals surface area contributed by atoms with Crippen LogP contribution in [0.3, 0.4) is 0 Å². The van der Waals surface area contributed by atoms with Crippen LogP contribution in [-0.4, -0.2) is 12.2 Å². The Morgan fingerprint density at radius 1 is 1.36 bits per heavy atom. The van der Waals surface area contributed by atoms with Crippen molar-refractivity contribution in [1.82, 2.24) is 0 Å². The van der Waals surface area contributed by atoms with Gasteiger partial charge in [-0.3, -0.25) is 0 Å². The number of aliphatic hydroxyl groups is 1. The van der Waals surface area contributed by atoms with Crippen LogP contribution in [0.4, 0.5) is 0 Å². The number of ether oxygens (including phenoxy) is 1. The summed E-state index contributed by atoms with van der Waals surface area (Å²) in [5.41, 5.74) is 0.691. The third-order valence-electron chi connectivity index (χ3n) is 2.20. The highest BCUT2D eigenvalue weighted by molar-refractivity contribution is 6.31. The molecule has 0 aliphatic carbocycles. The molecule has 1 aromatic carbocycles. The van der Waals surface area contributed by atoms with E-state index in [0.717, 1.165) is 11.1 Å². The number of benzene rings is 1. The number of rotatable bonds is 2. The van der Waals surface area contributed by atoms with Crippen LogP contribution < -0.4 is 4.74 Å². The number of hydrogen-bond acceptors (Lipinski definition) is 2. The van der Waals surface area contributed by atoms with Gasteiger partial charge in [-0.1, -0.05) is 17.7 Å². The van der Waals surface area contributed by atoms with Crippen molar-refractivity contribution < 1.29 is 9.84 Å². The zero-order valence-corrected chi connectivity index (χ0v) is 9.64. The van der Waals surface area contributed by atoms with Crippen molar-refractivity contribution in [2.45, 2.75) is 26.4 Å². The lowest BCUT2D eigenvalue weighted by atomic mass is 9.95. The maximum absolute atomic E-state index is 9.89. The van der Waals surface area contributed by atoms with Crippen LogP contribution >= 0.6 is 11.6 Å². The van der Waals surface area contributed by atoms with Gasteiger partial charge in [0.05, 0.1) is 12.7 Å². The molecular formula is C11H15ClO2. The van der Waals surface area contributed by atoms with Crippen molar-refractivity contribution in [3.8, 4) is 5.75 Å². The molecule has 0 aliphatic heterocycles. The molecule has 1 rings (SSSR count). The summed E-state index contributed by atoms with van der Waals surface area (Å²) in [7, 11) is 1.58. The lowest BCUT2D eigenvalue weighted by Gasteiger charge is -2.22. The monoisotopic (exact) mass is 214 g/mol. The smallest absolute Gasteiger partial charge is 0.129 e. The lowest BCUT2D eigenvalue weighted by Crippen LogP contribution is -2.17.